The zero-order chi connectivity index (χ0) is 17.4. The molecule has 1 amide bonds. The van der Waals surface area contributed by atoms with Gasteiger partial charge in [-0.1, -0.05) is 68.5 Å². The zero-order valence-corrected chi connectivity index (χ0v) is 14.2. The van der Waals surface area contributed by atoms with Gasteiger partial charge < -0.3 is 9.69 Å². The molecule has 3 rings (SSSR count). The number of benzene rings is 2. The largest absolute Gasteiger partial charge is 0.307 e. The molecule has 2 aromatic carbocycles. The van der Waals surface area contributed by atoms with Crippen molar-refractivity contribution < 1.29 is 9.59 Å². The molecule has 0 unspecified atom stereocenters. The molecule has 0 N–H and O–H groups in total. The van der Waals surface area contributed by atoms with Crippen molar-refractivity contribution in [3.63, 3.8) is 0 Å². The summed E-state index contributed by atoms with van der Waals surface area (Å²) in [6, 6.07) is 15.9. The third-order valence-electron chi connectivity index (χ3n) is 3.83. The van der Waals surface area contributed by atoms with Crippen molar-refractivity contribution in [2.24, 2.45) is 0 Å². The Bertz CT molecular complexity index is 734. The lowest BCUT2D eigenvalue weighted by Crippen LogP contribution is -2.31. The molecule has 1 aliphatic heterocycles. The maximum atomic E-state index is 12.5. The van der Waals surface area contributed by atoms with E-state index in [2.05, 4.69) is 6.08 Å². The SMILES string of the molecule is CC.O=CCCC(=O)N1Cc2ccccc2/C=C\c2ccccc21. The van der Waals surface area contributed by atoms with Crippen LogP contribution in [0.15, 0.2) is 48.5 Å². The van der Waals surface area contributed by atoms with Gasteiger partial charge in [0, 0.05) is 12.8 Å². The molecule has 0 fully saturated rings. The average Bonchev–Trinajstić information content (AvgIpc) is 2.63. The van der Waals surface area contributed by atoms with Gasteiger partial charge in [0.2, 0.25) is 5.91 Å². The van der Waals surface area contributed by atoms with Crippen molar-refractivity contribution in [1.29, 1.82) is 0 Å². The molecule has 2 aromatic rings. The molecule has 0 aromatic heterocycles. The number of hydrogen-bond acceptors (Lipinski definition) is 2. The fourth-order valence-electron chi connectivity index (χ4n) is 2.69. The molecule has 24 heavy (non-hydrogen) atoms. The van der Waals surface area contributed by atoms with Crippen LogP contribution in [-0.2, 0) is 16.1 Å². The van der Waals surface area contributed by atoms with Crippen LogP contribution in [0.3, 0.4) is 0 Å². The first-order chi connectivity index (χ1) is 11.8. The highest BCUT2D eigenvalue weighted by Gasteiger charge is 2.20. The number of hydrogen-bond donors (Lipinski definition) is 0. The van der Waals surface area contributed by atoms with E-state index in [4.69, 9.17) is 0 Å². The minimum atomic E-state index is -0.0235. The number of carbonyl (C=O) groups excluding carboxylic acids is 2. The Hall–Kier alpha value is -2.68. The third-order valence-corrected chi connectivity index (χ3v) is 3.83. The van der Waals surface area contributed by atoms with Gasteiger partial charge in [0.05, 0.1) is 12.2 Å². The quantitative estimate of drug-likeness (QED) is 0.768. The van der Waals surface area contributed by atoms with Gasteiger partial charge in [-0.25, -0.2) is 0 Å². The summed E-state index contributed by atoms with van der Waals surface area (Å²) in [5.41, 5.74) is 4.12. The van der Waals surface area contributed by atoms with Crippen LogP contribution >= 0.6 is 0 Å². The lowest BCUT2D eigenvalue weighted by Gasteiger charge is -2.27. The number of fused-ring (bicyclic) bond motifs is 2. The van der Waals surface area contributed by atoms with Crippen LogP contribution in [0.5, 0.6) is 0 Å². The fourth-order valence-corrected chi connectivity index (χ4v) is 2.69. The molecule has 0 spiro atoms. The van der Waals surface area contributed by atoms with Crippen molar-refractivity contribution in [3.8, 4) is 0 Å². The Kier molecular flexibility index (Phi) is 6.50. The average molecular weight is 321 g/mol. The van der Waals surface area contributed by atoms with Crippen LogP contribution in [0.2, 0.25) is 0 Å². The van der Waals surface area contributed by atoms with Crippen LogP contribution in [0.4, 0.5) is 5.69 Å². The highest BCUT2D eigenvalue weighted by atomic mass is 16.2. The molecule has 0 saturated heterocycles. The number of para-hydroxylation sites is 1. The first kappa shape index (κ1) is 17.7. The number of nitrogens with zero attached hydrogens (tertiary/aromatic N) is 1. The molecule has 0 saturated carbocycles. The van der Waals surface area contributed by atoms with E-state index >= 15 is 0 Å². The van der Waals surface area contributed by atoms with E-state index in [1.807, 2.05) is 68.5 Å². The van der Waals surface area contributed by atoms with E-state index in [0.29, 0.717) is 6.54 Å². The monoisotopic (exact) mass is 321 g/mol. The predicted molar refractivity (Wildman–Crippen MR) is 99.6 cm³/mol. The van der Waals surface area contributed by atoms with Gasteiger partial charge in [0.25, 0.3) is 0 Å². The van der Waals surface area contributed by atoms with Crippen LogP contribution in [0, 0.1) is 0 Å². The zero-order valence-electron chi connectivity index (χ0n) is 14.2. The number of aldehydes is 1. The molecule has 1 aliphatic rings. The van der Waals surface area contributed by atoms with Gasteiger partial charge >= 0.3 is 0 Å². The van der Waals surface area contributed by atoms with E-state index in [0.717, 1.165) is 28.7 Å². The maximum Gasteiger partial charge on any atom is 0.227 e. The van der Waals surface area contributed by atoms with Gasteiger partial charge in [0.1, 0.15) is 6.29 Å². The molecule has 0 bridgehead atoms. The molecule has 0 aliphatic carbocycles. The Morgan fingerprint density at radius 3 is 2.38 bits per heavy atom. The van der Waals surface area contributed by atoms with Crippen LogP contribution < -0.4 is 4.90 Å². The molecule has 3 nitrogen and oxygen atoms in total. The predicted octanol–water partition coefficient (Wildman–Crippen LogP) is 4.71. The van der Waals surface area contributed by atoms with E-state index < -0.39 is 0 Å². The topological polar surface area (TPSA) is 37.4 Å². The molecule has 0 atom stereocenters. The Morgan fingerprint density at radius 2 is 1.62 bits per heavy atom. The van der Waals surface area contributed by atoms with Crippen molar-refractivity contribution in [3.05, 3.63) is 65.2 Å². The number of rotatable bonds is 3. The van der Waals surface area contributed by atoms with Crippen molar-refractivity contribution in [1.82, 2.24) is 0 Å². The summed E-state index contributed by atoms with van der Waals surface area (Å²) in [6.07, 6.45) is 5.41. The first-order valence-electron chi connectivity index (χ1n) is 8.38. The van der Waals surface area contributed by atoms with E-state index in [9.17, 15) is 9.59 Å². The highest BCUT2D eigenvalue weighted by Crippen LogP contribution is 2.29. The Morgan fingerprint density at radius 1 is 1.00 bits per heavy atom. The second-order valence-electron chi connectivity index (χ2n) is 5.28. The number of anilines is 1. The number of carbonyl (C=O) groups is 2. The maximum absolute atomic E-state index is 12.5. The normalized spacial score (nSPS) is 13.3. The van der Waals surface area contributed by atoms with Crippen LogP contribution in [0.1, 0.15) is 43.4 Å². The number of amides is 1. The molecular weight excluding hydrogens is 298 g/mol. The lowest BCUT2D eigenvalue weighted by molar-refractivity contribution is -0.120. The van der Waals surface area contributed by atoms with Gasteiger partial charge in [0.15, 0.2) is 0 Å². The second-order valence-corrected chi connectivity index (χ2v) is 5.28. The standard InChI is InChI=1S/C19H17NO2.C2H6/c21-13-5-10-19(22)20-14-17-8-2-1-6-15(17)11-12-16-7-3-4-9-18(16)20;1-2/h1-4,6-9,11-13H,5,10,14H2;1-2H3/b12-11-;. The summed E-state index contributed by atoms with van der Waals surface area (Å²) in [6.45, 7) is 4.52. The van der Waals surface area contributed by atoms with Gasteiger partial charge in [-0.2, -0.15) is 0 Å². The van der Waals surface area contributed by atoms with Gasteiger partial charge in [-0.05, 0) is 22.8 Å². The molecule has 1 heterocycles. The molecule has 0 radical (unpaired) electrons. The highest BCUT2D eigenvalue weighted by molar-refractivity contribution is 5.97. The summed E-state index contributed by atoms with van der Waals surface area (Å²) in [4.78, 5) is 24.9. The summed E-state index contributed by atoms with van der Waals surface area (Å²) in [5, 5.41) is 0. The Balaban J connectivity index is 0.00000100. The minimum Gasteiger partial charge on any atom is -0.307 e. The first-order valence-corrected chi connectivity index (χ1v) is 8.38. The van der Waals surface area contributed by atoms with Gasteiger partial charge in [-0.15, -0.1) is 0 Å². The summed E-state index contributed by atoms with van der Waals surface area (Å²) >= 11 is 0. The summed E-state index contributed by atoms with van der Waals surface area (Å²) < 4.78 is 0. The van der Waals surface area contributed by atoms with Gasteiger partial charge in [-0.3, -0.25) is 4.79 Å². The summed E-state index contributed by atoms with van der Waals surface area (Å²) in [5.74, 6) is -0.0235. The summed E-state index contributed by atoms with van der Waals surface area (Å²) in [7, 11) is 0. The van der Waals surface area contributed by atoms with Crippen molar-refractivity contribution in [2.75, 3.05) is 4.90 Å². The van der Waals surface area contributed by atoms with Crippen molar-refractivity contribution in [2.45, 2.75) is 33.2 Å². The Labute approximate surface area is 143 Å². The molecule has 124 valence electrons. The lowest BCUT2D eigenvalue weighted by atomic mass is 10.0. The smallest absolute Gasteiger partial charge is 0.227 e. The minimum absolute atomic E-state index is 0.0235. The fraction of sp³-hybridized carbons (Fsp3) is 0.238. The van der Waals surface area contributed by atoms with E-state index in [-0.39, 0.29) is 18.7 Å². The van der Waals surface area contributed by atoms with E-state index in [1.165, 1.54) is 0 Å². The molecule has 3 heteroatoms. The molecular formula is C21H23NO2. The van der Waals surface area contributed by atoms with Crippen molar-refractivity contribution >= 4 is 30.0 Å². The second kappa shape index (κ2) is 8.82. The van der Waals surface area contributed by atoms with Crippen LogP contribution in [0.25, 0.3) is 12.2 Å². The third kappa shape index (κ3) is 3.99. The van der Waals surface area contributed by atoms with E-state index in [1.54, 1.807) is 4.90 Å². The van der Waals surface area contributed by atoms with Crippen LogP contribution in [-0.4, -0.2) is 12.2 Å².